The van der Waals surface area contributed by atoms with E-state index >= 15 is 0 Å². The van der Waals surface area contributed by atoms with Crippen molar-refractivity contribution in [3.63, 3.8) is 0 Å². The molecule has 28 heavy (non-hydrogen) atoms. The summed E-state index contributed by atoms with van der Waals surface area (Å²) >= 11 is 0. The van der Waals surface area contributed by atoms with Crippen LogP contribution in [0.5, 0.6) is 0 Å². The number of benzene rings is 2. The van der Waals surface area contributed by atoms with Gasteiger partial charge in [0, 0.05) is 30.8 Å². The first-order valence-corrected chi connectivity index (χ1v) is 10.8. The Labute approximate surface area is 165 Å². The maximum atomic E-state index is 12.5. The van der Waals surface area contributed by atoms with Crippen LogP contribution in [0.1, 0.15) is 42.1 Å². The van der Waals surface area contributed by atoms with Gasteiger partial charge in [0.05, 0.1) is 4.90 Å². The van der Waals surface area contributed by atoms with Crippen LogP contribution in [-0.2, 0) is 21.2 Å². The lowest BCUT2D eigenvalue weighted by atomic mass is 10.1. The van der Waals surface area contributed by atoms with Crippen LogP contribution in [0.2, 0.25) is 0 Å². The minimum Gasteiger partial charge on any atom is -0.326 e. The number of anilines is 1. The lowest BCUT2D eigenvalue weighted by molar-refractivity contribution is -0.116. The molecular formula is C21H24N2O4S. The van der Waals surface area contributed by atoms with Crippen LogP contribution in [0.3, 0.4) is 0 Å². The molecule has 1 aliphatic rings. The van der Waals surface area contributed by atoms with E-state index in [2.05, 4.69) is 5.32 Å². The summed E-state index contributed by atoms with van der Waals surface area (Å²) in [5.41, 5.74) is 2.03. The number of sulfonamides is 1. The number of ketones is 1. The number of carbonyl (C=O) groups excluding carboxylic acids is 2. The van der Waals surface area contributed by atoms with Crippen molar-refractivity contribution in [2.45, 2.75) is 37.5 Å². The molecule has 1 aliphatic heterocycles. The van der Waals surface area contributed by atoms with Gasteiger partial charge in [0.25, 0.3) is 0 Å². The van der Waals surface area contributed by atoms with E-state index in [1.807, 2.05) is 0 Å². The topological polar surface area (TPSA) is 83.5 Å². The van der Waals surface area contributed by atoms with E-state index in [0.717, 1.165) is 18.4 Å². The first-order chi connectivity index (χ1) is 13.4. The summed E-state index contributed by atoms with van der Waals surface area (Å²) in [6.45, 7) is 2.64. The zero-order valence-corrected chi connectivity index (χ0v) is 16.7. The van der Waals surface area contributed by atoms with Crippen molar-refractivity contribution >= 4 is 27.4 Å². The van der Waals surface area contributed by atoms with Crippen LogP contribution in [0.25, 0.3) is 0 Å². The number of carbonyl (C=O) groups is 2. The maximum absolute atomic E-state index is 12.5. The normalized spacial score (nSPS) is 14.8. The fourth-order valence-corrected chi connectivity index (χ4v) is 4.72. The molecular weight excluding hydrogens is 376 g/mol. The van der Waals surface area contributed by atoms with Gasteiger partial charge in [0.2, 0.25) is 15.9 Å². The van der Waals surface area contributed by atoms with E-state index in [-0.39, 0.29) is 18.1 Å². The monoisotopic (exact) mass is 400 g/mol. The predicted molar refractivity (Wildman–Crippen MR) is 108 cm³/mol. The summed E-state index contributed by atoms with van der Waals surface area (Å²) in [6, 6.07) is 13.6. The highest BCUT2D eigenvalue weighted by Crippen LogP contribution is 2.21. The first kappa shape index (κ1) is 20.2. The highest BCUT2D eigenvalue weighted by Gasteiger charge is 2.26. The Morgan fingerprint density at radius 1 is 1.04 bits per heavy atom. The third-order valence-electron chi connectivity index (χ3n) is 4.82. The van der Waals surface area contributed by atoms with Crippen molar-refractivity contribution in [2.24, 2.45) is 0 Å². The molecule has 0 spiro atoms. The van der Waals surface area contributed by atoms with Gasteiger partial charge < -0.3 is 5.32 Å². The quantitative estimate of drug-likeness (QED) is 0.723. The zero-order chi connectivity index (χ0) is 20.1. The number of rotatable bonds is 7. The molecule has 0 saturated carbocycles. The van der Waals surface area contributed by atoms with Gasteiger partial charge in [0.1, 0.15) is 0 Å². The molecule has 0 unspecified atom stereocenters. The highest BCUT2D eigenvalue weighted by atomic mass is 32.2. The third kappa shape index (κ3) is 4.85. The van der Waals surface area contributed by atoms with E-state index < -0.39 is 10.0 Å². The average Bonchev–Trinajstić information content (AvgIpc) is 3.22. The largest absolute Gasteiger partial charge is 0.326 e. The molecule has 1 N–H and O–H groups in total. The minimum atomic E-state index is -3.41. The zero-order valence-electron chi connectivity index (χ0n) is 15.8. The van der Waals surface area contributed by atoms with Gasteiger partial charge in [-0.15, -0.1) is 0 Å². The molecule has 148 valence electrons. The Balaban J connectivity index is 1.57. The molecule has 0 bridgehead atoms. The summed E-state index contributed by atoms with van der Waals surface area (Å²) in [5.74, 6) is -0.213. The smallest absolute Gasteiger partial charge is 0.243 e. The van der Waals surface area contributed by atoms with Crippen LogP contribution in [0, 0.1) is 0 Å². The molecule has 2 aromatic rings. The fraction of sp³-hybridized carbons (Fsp3) is 0.333. The molecule has 1 fully saturated rings. The van der Waals surface area contributed by atoms with Crippen molar-refractivity contribution in [2.75, 3.05) is 18.4 Å². The molecule has 2 aromatic carbocycles. The Morgan fingerprint density at radius 3 is 2.36 bits per heavy atom. The Morgan fingerprint density at radius 2 is 1.71 bits per heavy atom. The molecule has 7 heteroatoms. The standard InChI is InChI=1S/C21H24N2O4S/c1-16(24)18-5-4-6-19(15-18)22-21(25)12-9-17-7-10-20(11-8-17)28(26,27)23-13-2-3-14-23/h4-8,10-11,15H,2-3,9,12-14H2,1H3,(H,22,25). The Hall–Kier alpha value is -2.51. The van der Waals surface area contributed by atoms with Gasteiger partial charge in [-0.25, -0.2) is 8.42 Å². The van der Waals surface area contributed by atoms with Gasteiger partial charge in [-0.3, -0.25) is 9.59 Å². The molecule has 6 nitrogen and oxygen atoms in total. The van der Waals surface area contributed by atoms with E-state index in [0.29, 0.717) is 35.7 Å². The molecule has 0 aliphatic carbocycles. The molecule has 3 rings (SSSR count). The number of nitrogens with zero attached hydrogens (tertiary/aromatic N) is 1. The molecule has 0 aromatic heterocycles. The second-order valence-corrected chi connectivity index (χ2v) is 8.88. The lowest BCUT2D eigenvalue weighted by Gasteiger charge is -2.15. The number of hydrogen-bond acceptors (Lipinski definition) is 4. The van der Waals surface area contributed by atoms with Gasteiger partial charge >= 0.3 is 0 Å². The van der Waals surface area contributed by atoms with E-state index in [1.165, 1.54) is 11.2 Å². The van der Waals surface area contributed by atoms with Crippen LogP contribution >= 0.6 is 0 Å². The summed E-state index contributed by atoms with van der Waals surface area (Å²) in [5, 5.41) is 2.79. The number of nitrogens with one attached hydrogen (secondary N) is 1. The SMILES string of the molecule is CC(=O)c1cccc(NC(=O)CCc2ccc(S(=O)(=O)N3CCCC3)cc2)c1. The van der Waals surface area contributed by atoms with E-state index in [9.17, 15) is 18.0 Å². The van der Waals surface area contributed by atoms with Crippen LogP contribution < -0.4 is 5.32 Å². The Kier molecular flexibility index (Phi) is 6.26. The lowest BCUT2D eigenvalue weighted by Crippen LogP contribution is -2.27. The third-order valence-corrected chi connectivity index (χ3v) is 6.73. The Bertz CT molecular complexity index is 962. The second kappa shape index (κ2) is 8.67. The molecule has 1 amide bonds. The first-order valence-electron chi connectivity index (χ1n) is 9.36. The van der Waals surface area contributed by atoms with E-state index in [4.69, 9.17) is 0 Å². The van der Waals surface area contributed by atoms with Crippen molar-refractivity contribution in [3.05, 3.63) is 59.7 Å². The molecule has 1 saturated heterocycles. The van der Waals surface area contributed by atoms with Gasteiger partial charge in [-0.05, 0) is 56.0 Å². The number of aryl methyl sites for hydroxylation is 1. The number of hydrogen-bond donors (Lipinski definition) is 1. The van der Waals surface area contributed by atoms with Gasteiger partial charge in [0.15, 0.2) is 5.78 Å². The summed E-state index contributed by atoms with van der Waals surface area (Å²) < 4.78 is 26.6. The number of Topliss-reactive ketones (excluding diaryl/α,β-unsaturated/α-hetero) is 1. The predicted octanol–water partition coefficient (Wildman–Crippen LogP) is 3.25. The van der Waals surface area contributed by atoms with Crippen molar-refractivity contribution < 1.29 is 18.0 Å². The molecule has 0 radical (unpaired) electrons. The molecule has 1 heterocycles. The van der Waals surface area contributed by atoms with Crippen molar-refractivity contribution in [3.8, 4) is 0 Å². The second-order valence-electron chi connectivity index (χ2n) is 6.94. The van der Waals surface area contributed by atoms with Crippen LogP contribution in [-0.4, -0.2) is 37.5 Å². The van der Waals surface area contributed by atoms with Crippen LogP contribution in [0.15, 0.2) is 53.4 Å². The number of amides is 1. The summed E-state index contributed by atoms with van der Waals surface area (Å²) in [6.07, 6.45) is 2.58. The van der Waals surface area contributed by atoms with Gasteiger partial charge in [-0.2, -0.15) is 4.31 Å². The molecule has 0 atom stereocenters. The van der Waals surface area contributed by atoms with Gasteiger partial charge in [-0.1, -0.05) is 24.3 Å². The highest BCUT2D eigenvalue weighted by molar-refractivity contribution is 7.89. The average molecular weight is 401 g/mol. The summed E-state index contributed by atoms with van der Waals surface area (Å²) in [4.78, 5) is 23.9. The van der Waals surface area contributed by atoms with Crippen LogP contribution in [0.4, 0.5) is 5.69 Å². The minimum absolute atomic E-state index is 0.0555. The summed E-state index contributed by atoms with van der Waals surface area (Å²) in [7, 11) is -3.41. The van der Waals surface area contributed by atoms with E-state index in [1.54, 1.807) is 48.5 Å². The van der Waals surface area contributed by atoms with Crippen molar-refractivity contribution in [1.82, 2.24) is 4.31 Å². The maximum Gasteiger partial charge on any atom is 0.243 e. The van der Waals surface area contributed by atoms with Crippen molar-refractivity contribution in [1.29, 1.82) is 0 Å². The fourth-order valence-electron chi connectivity index (χ4n) is 3.20.